The normalized spacial score (nSPS) is 10.9. The van der Waals surface area contributed by atoms with Gasteiger partial charge in [-0.1, -0.05) is 0 Å². The van der Waals surface area contributed by atoms with E-state index in [4.69, 9.17) is 4.74 Å². The van der Waals surface area contributed by atoms with Crippen LogP contribution >= 0.6 is 0 Å². The Bertz CT molecular complexity index is 1190. The van der Waals surface area contributed by atoms with Crippen molar-refractivity contribution in [3.63, 3.8) is 0 Å². The molecule has 0 fully saturated rings. The number of hydrogen-bond donors (Lipinski definition) is 2. The van der Waals surface area contributed by atoms with Crippen LogP contribution in [0.3, 0.4) is 0 Å². The van der Waals surface area contributed by atoms with Crippen molar-refractivity contribution in [3.8, 4) is 11.3 Å². The summed E-state index contributed by atoms with van der Waals surface area (Å²) >= 11 is 0. The van der Waals surface area contributed by atoms with Gasteiger partial charge in [-0.2, -0.15) is 0 Å². The average Bonchev–Trinajstić information content (AvgIpc) is 3.12. The number of anilines is 3. The van der Waals surface area contributed by atoms with E-state index in [2.05, 4.69) is 25.6 Å². The number of nitrogens with zero attached hydrogens (tertiary/aromatic N) is 4. The second-order valence-electron chi connectivity index (χ2n) is 6.82. The molecule has 0 spiro atoms. The van der Waals surface area contributed by atoms with Gasteiger partial charge in [-0.15, -0.1) is 0 Å². The van der Waals surface area contributed by atoms with Gasteiger partial charge >= 0.3 is 6.09 Å². The van der Waals surface area contributed by atoms with Crippen LogP contribution in [-0.2, 0) is 4.74 Å². The Labute approximate surface area is 171 Å². The molecule has 152 valence electrons. The fourth-order valence-electron chi connectivity index (χ4n) is 2.84. The molecule has 30 heavy (non-hydrogen) atoms. The van der Waals surface area contributed by atoms with Crippen LogP contribution in [0.1, 0.15) is 13.8 Å². The molecular formula is C21H19FN6O2. The summed E-state index contributed by atoms with van der Waals surface area (Å²) in [4.78, 5) is 24.4. The molecule has 0 aliphatic rings. The van der Waals surface area contributed by atoms with Gasteiger partial charge in [0.15, 0.2) is 0 Å². The fraction of sp³-hybridized carbons (Fsp3) is 0.143. The van der Waals surface area contributed by atoms with Gasteiger partial charge in [0.25, 0.3) is 0 Å². The molecule has 0 atom stereocenters. The van der Waals surface area contributed by atoms with Crippen molar-refractivity contribution in [2.75, 3.05) is 10.6 Å². The molecule has 0 aliphatic heterocycles. The van der Waals surface area contributed by atoms with Crippen LogP contribution < -0.4 is 10.6 Å². The number of aromatic nitrogens is 4. The summed E-state index contributed by atoms with van der Waals surface area (Å²) in [5, 5.41) is 5.78. The molecule has 4 rings (SSSR count). The first-order valence-corrected chi connectivity index (χ1v) is 9.27. The SMILES string of the molecule is CC(C)OC(=O)Nc1cnc2nc(-c3cc(Nc4cccnc4)ccc3F)cn2c1. The van der Waals surface area contributed by atoms with Gasteiger partial charge in [-0.25, -0.2) is 19.2 Å². The predicted octanol–water partition coefficient (Wildman–Crippen LogP) is 4.63. The molecule has 1 aromatic carbocycles. The number of benzene rings is 1. The standard InChI is InChI=1S/C21H19FN6O2/c1-13(2)30-21(29)26-16-10-24-20-27-19(12-28(20)11-16)17-8-14(5-6-18(17)22)25-15-4-3-7-23-9-15/h3-13,25H,1-2H3,(H,26,29). The van der Waals surface area contributed by atoms with Crippen molar-refractivity contribution in [1.29, 1.82) is 0 Å². The molecule has 1 amide bonds. The molecule has 0 saturated heterocycles. The van der Waals surface area contributed by atoms with E-state index in [1.165, 1.54) is 12.3 Å². The molecule has 4 aromatic rings. The second-order valence-corrected chi connectivity index (χ2v) is 6.82. The second kappa shape index (κ2) is 8.16. The summed E-state index contributed by atoms with van der Waals surface area (Å²) in [7, 11) is 0. The van der Waals surface area contributed by atoms with Crippen molar-refractivity contribution in [2.45, 2.75) is 20.0 Å². The third-order valence-electron chi connectivity index (χ3n) is 4.09. The van der Waals surface area contributed by atoms with Crippen LogP contribution in [0, 0.1) is 5.82 Å². The molecule has 3 heterocycles. The van der Waals surface area contributed by atoms with Gasteiger partial charge in [-0.05, 0) is 44.2 Å². The topological polar surface area (TPSA) is 93.4 Å². The number of halogens is 1. The number of carbonyl (C=O) groups is 1. The van der Waals surface area contributed by atoms with Gasteiger partial charge in [0.1, 0.15) is 5.82 Å². The van der Waals surface area contributed by atoms with Crippen LogP contribution in [0.15, 0.2) is 61.3 Å². The summed E-state index contributed by atoms with van der Waals surface area (Å²) in [5.41, 5.74) is 2.66. The van der Waals surface area contributed by atoms with E-state index < -0.39 is 11.9 Å². The smallest absolute Gasteiger partial charge is 0.411 e. The summed E-state index contributed by atoms with van der Waals surface area (Å²) in [5.74, 6) is -0.0354. The number of hydrogen-bond acceptors (Lipinski definition) is 6. The van der Waals surface area contributed by atoms with Gasteiger partial charge in [-0.3, -0.25) is 14.7 Å². The minimum absolute atomic E-state index is 0.239. The first-order valence-electron chi connectivity index (χ1n) is 9.27. The first-order chi connectivity index (χ1) is 14.5. The Morgan fingerprint density at radius 3 is 2.77 bits per heavy atom. The van der Waals surface area contributed by atoms with E-state index in [-0.39, 0.29) is 6.10 Å². The number of nitrogens with one attached hydrogen (secondary N) is 2. The van der Waals surface area contributed by atoms with Gasteiger partial charge in [0, 0.05) is 29.8 Å². The lowest BCUT2D eigenvalue weighted by molar-refractivity contribution is 0.130. The van der Waals surface area contributed by atoms with E-state index in [1.54, 1.807) is 55.2 Å². The van der Waals surface area contributed by atoms with Crippen molar-refractivity contribution in [2.24, 2.45) is 0 Å². The molecule has 0 unspecified atom stereocenters. The summed E-state index contributed by atoms with van der Waals surface area (Å²) < 4.78 is 21.2. The lowest BCUT2D eigenvalue weighted by Crippen LogP contribution is -2.18. The fourth-order valence-corrected chi connectivity index (χ4v) is 2.84. The summed E-state index contributed by atoms with van der Waals surface area (Å²) in [6.07, 6.45) is 7.28. The largest absolute Gasteiger partial charge is 0.447 e. The molecule has 8 nitrogen and oxygen atoms in total. The number of amides is 1. The number of carbonyl (C=O) groups excluding carboxylic acids is 1. The lowest BCUT2D eigenvalue weighted by Gasteiger charge is -2.09. The Morgan fingerprint density at radius 1 is 1.13 bits per heavy atom. The summed E-state index contributed by atoms with van der Waals surface area (Å²) in [6, 6.07) is 8.36. The number of fused-ring (bicyclic) bond motifs is 1. The minimum Gasteiger partial charge on any atom is -0.447 e. The number of rotatable bonds is 5. The quantitative estimate of drug-likeness (QED) is 0.502. The highest BCUT2D eigenvalue weighted by Crippen LogP contribution is 2.27. The highest BCUT2D eigenvalue weighted by Gasteiger charge is 2.13. The van der Waals surface area contributed by atoms with Crippen molar-refractivity contribution in [1.82, 2.24) is 19.4 Å². The maximum absolute atomic E-state index is 14.5. The Hall–Kier alpha value is -4.01. The van der Waals surface area contributed by atoms with Crippen LogP contribution in [0.25, 0.3) is 17.0 Å². The predicted molar refractivity (Wildman–Crippen MR) is 111 cm³/mol. The van der Waals surface area contributed by atoms with Crippen molar-refractivity contribution >= 4 is 28.9 Å². The van der Waals surface area contributed by atoms with Gasteiger partial charge < -0.3 is 10.1 Å². The highest BCUT2D eigenvalue weighted by molar-refractivity contribution is 5.84. The molecule has 9 heteroatoms. The minimum atomic E-state index is -0.577. The number of pyridine rings is 1. The van der Waals surface area contributed by atoms with E-state index in [0.717, 1.165) is 5.69 Å². The number of ether oxygens (including phenoxy) is 1. The highest BCUT2D eigenvalue weighted by atomic mass is 19.1. The van der Waals surface area contributed by atoms with Gasteiger partial charge in [0.2, 0.25) is 5.78 Å². The maximum atomic E-state index is 14.5. The third kappa shape index (κ3) is 4.35. The van der Waals surface area contributed by atoms with Crippen molar-refractivity contribution < 1.29 is 13.9 Å². The zero-order chi connectivity index (χ0) is 21.1. The van der Waals surface area contributed by atoms with E-state index >= 15 is 0 Å². The zero-order valence-electron chi connectivity index (χ0n) is 16.3. The summed E-state index contributed by atoms with van der Waals surface area (Å²) in [6.45, 7) is 3.52. The average molecular weight is 406 g/mol. The molecular weight excluding hydrogens is 387 g/mol. The number of imidazole rings is 1. The van der Waals surface area contributed by atoms with Crippen LogP contribution in [0.4, 0.5) is 26.2 Å². The maximum Gasteiger partial charge on any atom is 0.411 e. The Balaban J connectivity index is 1.61. The van der Waals surface area contributed by atoms with Crippen LogP contribution in [0.5, 0.6) is 0 Å². The molecule has 0 radical (unpaired) electrons. The first kappa shape index (κ1) is 19.3. The lowest BCUT2D eigenvalue weighted by atomic mass is 10.1. The van der Waals surface area contributed by atoms with E-state index in [1.807, 2.05) is 12.1 Å². The Kier molecular flexibility index (Phi) is 5.25. The molecule has 2 N–H and O–H groups in total. The van der Waals surface area contributed by atoms with Gasteiger partial charge in [0.05, 0.1) is 35.6 Å². The Morgan fingerprint density at radius 2 is 2.00 bits per heavy atom. The monoisotopic (exact) mass is 406 g/mol. The van der Waals surface area contributed by atoms with E-state index in [0.29, 0.717) is 28.4 Å². The molecule has 0 bridgehead atoms. The van der Waals surface area contributed by atoms with E-state index in [9.17, 15) is 9.18 Å². The molecule has 0 saturated carbocycles. The zero-order valence-corrected chi connectivity index (χ0v) is 16.3. The molecule has 0 aliphatic carbocycles. The third-order valence-corrected chi connectivity index (χ3v) is 4.09. The van der Waals surface area contributed by atoms with Crippen LogP contribution in [-0.4, -0.2) is 31.5 Å². The molecule has 3 aromatic heterocycles. The van der Waals surface area contributed by atoms with Crippen LogP contribution in [0.2, 0.25) is 0 Å². The van der Waals surface area contributed by atoms with Crippen molar-refractivity contribution in [3.05, 3.63) is 67.1 Å².